The number of carbonyl (C=O) groups is 1. The molecule has 2 heterocycles. The number of thiophene rings is 1. The van der Waals surface area contributed by atoms with Gasteiger partial charge in [-0.05, 0) is 41.2 Å². The largest absolute Gasteiger partial charge is 0.462 e. The maximum atomic E-state index is 11.7. The van der Waals surface area contributed by atoms with E-state index in [1.165, 1.54) is 16.2 Å². The van der Waals surface area contributed by atoms with Crippen molar-refractivity contribution in [3.63, 3.8) is 0 Å². The molecule has 0 spiro atoms. The molecule has 0 bridgehead atoms. The summed E-state index contributed by atoms with van der Waals surface area (Å²) in [5.41, 5.74) is 0.705. The lowest BCUT2D eigenvalue weighted by Crippen LogP contribution is -2.03. The van der Waals surface area contributed by atoms with Crippen molar-refractivity contribution in [2.45, 2.75) is 20.4 Å². The molecule has 0 aliphatic heterocycles. The van der Waals surface area contributed by atoms with Crippen LogP contribution in [0.4, 0.5) is 5.13 Å². The smallest absolute Gasteiger partial charge is 0.350 e. The molecule has 0 aliphatic carbocycles. The summed E-state index contributed by atoms with van der Waals surface area (Å²) in [6.45, 7) is 4.67. The lowest BCUT2D eigenvalue weighted by atomic mass is 10.4. The monoisotopic (exact) mass is 360 g/mol. The molecule has 102 valence electrons. The first-order valence-corrected chi connectivity index (χ1v) is 8.21. The zero-order valence-corrected chi connectivity index (χ0v) is 13.7. The van der Waals surface area contributed by atoms with Gasteiger partial charge < -0.3 is 10.1 Å². The Morgan fingerprint density at radius 2 is 2.37 bits per heavy atom. The van der Waals surface area contributed by atoms with Gasteiger partial charge in [-0.3, -0.25) is 0 Å². The van der Waals surface area contributed by atoms with E-state index in [0.717, 1.165) is 9.60 Å². The van der Waals surface area contributed by atoms with Crippen LogP contribution in [0.15, 0.2) is 15.9 Å². The van der Waals surface area contributed by atoms with Crippen LogP contribution in [0.2, 0.25) is 0 Å². The van der Waals surface area contributed by atoms with Crippen LogP contribution < -0.4 is 5.32 Å². The Bertz CT molecular complexity index is 580. The van der Waals surface area contributed by atoms with Gasteiger partial charge in [0.05, 0.1) is 18.8 Å². The Labute approximate surface area is 128 Å². The first-order chi connectivity index (χ1) is 9.11. The van der Waals surface area contributed by atoms with Crippen LogP contribution in [0.5, 0.6) is 0 Å². The number of rotatable bonds is 5. The number of halogens is 1. The highest BCUT2D eigenvalue weighted by Crippen LogP contribution is 2.27. The molecular weight excluding hydrogens is 348 g/mol. The number of anilines is 1. The molecule has 0 aliphatic rings. The van der Waals surface area contributed by atoms with Crippen LogP contribution >= 0.6 is 38.6 Å². The fourth-order valence-electron chi connectivity index (χ4n) is 1.47. The van der Waals surface area contributed by atoms with Crippen molar-refractivity contribution in [2.24, 2.45) is 0 Å². The Morgan fingerprint density at radius 3 is 3.00 bits per heavy atom. The van der Waals surface area contributed by atoms with E-state index >= 15 is 0 Å². The normalized spacial score (nSPS) is 10.5. The summed E-state index contributed by atoms with van der Waals surface area (Å²) in [6, 6.07) is 2.01. The summed E-state index contributed by atoms with van der Waals surface area (Å²) in [6.07, 6.45) is 0. The van der Waals surface area contributed by atoms with Crippen molar-refractivity contribution < 1.29 is 9.53 Å². The molecule has 2 aromatic rings. The highest BCUT2D eigenvalue weighted by molar-refractivity contribution is 9.10. The molecule has 7 heteroatoms. The summed E-state index contributed by atoms with van der Waals surface area (Å²) in [5, 5.41) is 5.99. The molecule has 2 aromatic heterocycles. The second-order valence-electron chi connectivity index (χ2n) is 3.70. The average Bonchev–Trinajstić information content (AvgIpc) is 2.93. The SMILES string of the molecule is CCOC(=O)c1sc(NCc2sccc2Br)nc1C. The Hall–Kier alpha value is -0.920. The van der Waals surface area contributed by atoms with E-state index in [1.54, 1.807) is 18.3 Å². The molecule has 0 saturated heterocycles. The van der Waals surface area contributed by atoms with E-state index in [4.69, 9.17) is 4.74 Å². The maximum Gasteiger partial charge on any atom is 0.350 e. The van der Waals surface area contributed by atoms with Crippen molar-refractivity contribution >= 4 is 49.7 Å². The lowest BCUT2D eigenvalue weighted by molar-refractivity contribution is 0.0531. The predicted molar refractivity (Wildman–Crippen MR) is 82.2 cm³/mol. The average molecular weight is 361 g/mol. The van der Waals surface area contributed by atoms with E-state index in [-0.39, 0.29) is 5.97 Å². The highest BCUT2D eigenvalue weighted by atomic mass is 79.9. The fraction of sp³-hybridized carbons (Fsp3) is 0.333. The summed E-state index contributed by atoms with van der Waals surface area (Å²) >= 11 is 6.48. The maximum absolute atomic E-state index is 11.7. The van der Waals surface area contributed by atoms with Gasteiger partial charge in [0.15, 0.2) is 5.13 Å². The molecule has 0 aromatic carbocycles. The quantitative estimate of drug-likeness (QED) is 0.816. The van der Waals surface area contributed by atoms with Crippen LogP contribution in [0.3, 0.4) is 0 Å². The lowest BCUT2D eigenvalue weighted by Gasteiger charge is -2.00. The molecule has 4 nitrogen and oxygen atoms in total. The summed E-state index contributed by atoms with van der Waals surface area (Å²) in [4.78, 5) is 17.8. The van der Waals surface area contributed by atoms with Gasteiger partial charge in [-0.15, -0.1) is 11.3 Å². The Balaban J connectivity index is 2.04. The Morgan fingerprint density at radius 1 is 1.58 bits per heavy atom. The number of carbonyl (C=O) groups excluding carboxylic acids is 1. The fourth-order valence-corrected chi connectivity index (χ4v) is 3.75. The van der Waals surface area contributed by atoms with Crippen molar-refractivity contribution in [3.8, 4) is 0 Å². The van der Waals surface area contributed by atoms with E-state index in [0.29, 0.717) is 23.7 Å². The van der Waals surface area contributed by atoms with Crippen LogP contribution in [0.25, 0.3) is 0 Å². The van der Waals surface area contributed by atoms with Gasteiger partial charge in [0.2, 0.25) is 0 Å². The predicted octanol–water partition coefficient (Wildman–Crippen LogP) is 4.06. The number of hydrogen-bond donors (Lipinski definition) is 1. The van der Waals surface area contributed by atoms with Gasteiger partial charge in [0.25, 0.3) is 0 Å². The molecule has 0 unspecified atom stereocenters. The van der Waals surface area contributed by atoms with Gasteiger partial charge in [-0.25, -0.2) is 9.78 Å². The third kappa shape index (κ3) is 3.55. The number of esters is 1. The second-order valence-corrected chi connectivity index (χ2v) is 6.55. The molecule has 0 amide bonds. The third-order valence-corrected chi connectivity index (χ3v) is 5.37. The summed E-state index contributed by atoms with van der Waals surface area (Å²) in [5.74, 6) is -0.303. The van der Waals surface area contributed by atoms with Crippen molar-refractivity contribution in [2.75, 3.05) is 11.9 Å². The van der Waals surface area contributed by atoms with Crippen LogP contribution in [0.1, 0.15) is 27.2 Å². The van der Waals surface area contributed by atoms with E-state index in [1.807, 2.05) is 18.4 Å². The number of nitrogens with zero attached hydrogens (tertiary/aromatic N) is 1. The minimum atomic E-state index is -0.303. The van der Waals surface area contributed by atoms with Crippen LogP contribution in [-0.2, 0) is 11.3 Å². The van der Waals surface area contributed by atoms with E-state index in [9.17, 15) is 4.79 Å². The molecule has 19 heavy (non-hydrogen) atoms. The molecule has 0 radical (unpaired) electrons. The number of aryl methyl sites for hydroxylation is 1. The molecule has 0 saturated carbocycles. The standard InChI is InChI=1S/C12H13BrN2O2S2/c1-3-17-11(16)10-7(2)15-12(19-10)14-6-9-8(13)4-5-18-9/h4-5H,3,6H2,1-2H3,(H,14,15). The molecule has 0 fully saturated rings. The van der Waals surface area contributed by atoms with Gasteiger partial charge >= 0.3 is 5.97 Å². The second kappa shape index (κ2) is 6.49. The van der Waals surface area contributed by atoms with Crippen LogP contribution in [-0.4, -0.2) is 17.6 Å². The van der Waals surface area contributed by atoms with Gasteiger partial charge in [-0.2, -0.15) is 0 Å². The number of ether oxygens (including phenoxy) is 1. The minimum Gasteiger partial charge on any atom is -0.462 e. The van der Waals surface area contributed by atoms with Gasteiger partial charge in [-0.1, -0.05) is 11.3 Å². The molecule has 1 N–H and O–H groups in total. The van der Waals surface area contributed by atoms with Gasteiger partial charge in [0, 0.05) is 9.35 Å². The summed E-state index contributed by atoms with van der Waals surface area (Å²) < 4.78 is 6.08. The first-order valence-electron chi connectivity index (χ1n) is 5.72. The summed E-state index contributed by atoms with van der Waals surface area (Å²) in [7, 11) is 0. The highest BCUT2D eigenvalue weighted by Gasteiger charge is 2.16. The van der Waals surface area contributed by atoms with Crippen molar-refractivity contribution in [1.82, 2.24) is 4.98 Å². The molecular formula is C12H13BrN2O2S2. The number of thiazole rings is 1. The van der Waals surface area contributed by atoms with Crippen molar-refractivity contribution in [3.05, 3.63) is 31.4 Å². The van der Waals surface area contributed by atoms with E-state index in [2.05, 4.69) is 26.2 Å². The number of aromatic nitrogens is 1. The zero-order valence-electron chi connectivity index (χ0n) is 10.5. The zero-order chi connectivity index (χ0) is 13.8. The molecule has 2 rings (SSSR count). The number of hydrogen-bond acceptors (Lipinski definition) is 6. The van der Waals surface area contributed by atoms with Crippen molar-refractivity contribution in [1.29, 1.82) is 0 Å². The third-order valence-electron chi connectivity index (χ3n) is 2.35. The molecule has 0 atom stereocenters. The van der Waals surface area contributed by atoms with Gasteiger partial charge in [0.1, 0.15) is 4.88 Å². The number of nitrogens with one attached hydrogen (secondary N) is 1. The first kappa shape index (κ1) is 14.5. The topological polar surface area (TPSA) is 51.2 Å². The van der Waals surface area contributed by atoms with E-state index < -0.39 is 0 Å². The Kier molecular flexibility index (Phi) is 4.95. The minimum absolute atomic E-state index is 0.303. The van der Waals surface area contributed by atoms with Crippen LogP contribution in [0, 0.1) is 6.92 Å².